The van der Waals surface area contributed by atoms with Gasteiger partial charge in [-0.2, -0.15) is 5.10 Å². The van der Waals surface area contributed by atoms with Crippen LogP contribution in [0.1, 0.15) is 57.2 Å². The minimum Gasteiger partial charge on any atom is -0.486 e. The number of halogens is 1. The van der Waals surface area contributed by atoms with E-state index in [1.54, 1.807) is 6.20 Å². The summed E-state index contributed by atoms with van der Waals surface area (Å²) in [5, 5.41) is 4.27. The van der Waals surface area contributed by atoms with Crippen molar-refractivity contribution < 1.29 is 13.9 Å². The average molecular weight is 374 g/mol. The van der Waals surface area contributed by atoms with E-state index in [0.717, 1.165) is 11.1 Å². The van der Waals surface area contributed by atoms with E-state index in [0.29, 0.717) is 17.9 Å². The van der Waals surface area contributed by atoms with E-state index < -0.39 is 12.2 Å². The molecule has 0 atom stereocenters. The second kappa shape index (κ2) is 9.01. The highest BCUT2D eigenvalue weighted by Crippen LogP contribution is 2.24. The molecule has 0 fully saturated rings. The summed E-state index contributed by atoms with van der Waals surface area (Å²) >= 11 is 0. The van der Waals surface area contributed by atoms with E-state index in [1.807, 2.05) is 46.8 Å². The Morgan fingerprint density at radius 1 is 1.19 bits per heavy atom. The molecular formula is C21H27FN2O3. The molecule has 0 spiro atoms. The van der Waals surface area contributed by atoms with Gasteiger partial charge in [-0.15, -0.1) is 0 Å². The topological polar surface area (TPSA) is 53.4 Å². The van der Waals surface area contributed by atoms with Crippen molar-refractivity contribution in [3.05, 3.63) is 57.5 Å². The van der Waals surface area contributed by atoms with Gasteiger partial charge in [-0.1, -0.05) is 26.0 Å². The molecule has 0 aliphatic carbocycles. The summed E-state index contributed by atoms with van der Waals surface area (Å²) in [7, 11) is 0. The number of ether oxygens (including phenoxy) is 2. The minimum atomic E-state index is -0.504. The molecule has 0 radical (unpaired) electrons. The zero-order valence-electron chi connectivity index (χ0n) is 16.6. The van der Waals surface area contributed by atoms with Crippen molar-refractivity contribution in [3.8, 4) is 5.75 Å². The van der Waals surface area contributed by atoms with E-state index in [-0.39, 0.29) is 24.7 Å². The quantitative estimate of drug-likeness (QED) is 0.660. The van der Waals surface area contributed by atoms with Crippen molar-refractivity contribution in [2.45, 2.75) is 59.3 Å². The van der Waals surface area contributed by atoms with E-state index in [9.17, 15) is 9.18 Å². The summed E-state index contributed by atoms with van der Waals surface area (Å²) in [6.45, 7) is 9.86. The van der Waals surface area contributed by atoms with Crippen LogP contribution in [0.3, 0.4) is 0 Å². The van der Waals surface area contributed by atoms with Crippen molar-refractivity contribution in [1.29, 1.82) is 0 Å². The van der Waals surface area contributed by atoms with E-state index in [2.05, 4.69) is 17.2 Å². The Hall–Kier alpha value is -2.39. The van der Waals surface area contributed by atoms with Gasteiger partial charge in [0, 0.05) is 11.1 Å². The predicted molar refractivity (Wildman–Crippen MR) is 102 cm³/mol. The highest BCUT2D eigenvalue weighted by Gasteiger charge is 2.22. The molecule has 2 rings (SSSR count). The Kier molecular flexibility index (Phi) is 6.98. The highest BCUT2D eigenvalue weighted by molar-refractivity contribution is 5.31. The Balaban J connectivity index is 2.13. The van der Waals surface area contributed by atoms with Gasteiger partial charge in [-0.05, 0) is 38.8 Å². The molecule has 0 unspecified atom stereocenters. The first-order valence-corrected chi connectivity index (χ1v) is 9.05. The first-order valence-electron chi connectivity index (χ1n) is 9.05. The molecule has 146 valence electrons. The van der Waals surface area contributed by atoms with Gasteiger partial charge in [0.25, 0.3) is 5.56 Å². The van der Waals surface area contributed by atoms with Gasteiger partial charge in [0.05, 0.1) is 30.5 Å². The van der Waals surface area contributed by atoms with Crippen LogP contribution in [0.15, 0.2) is 23.1 Å². The highest BCUT2D eigenvalue weighted by atomic mass is 19.1. The largest absolute Gasteiger partial charge is 0.486 e. The van der Waals surface area contributed by atoms with Crippen LogP contribution in [0.25, 0.3) is 0 Å². The van der Waals surface area contributed by atoms with Crippen LogP contribution >= 0.6 is 0 Å². The van der Waals surface area contributed by atoms with Gasteiger partial charge in [0.1, 0.15) is 19.0 Å². The molecule has 5 nitrogen and oxygen atoms in total. The van der Waals surface area contributed by atoms with Crippen LogP contribution in [0.2, 0.25) is 0 Å². The minimum absolute atomic E-state index is 0.00895. The Labute approximate surface area is 160 Å². The third-order valence-electron chi connectivity index (χ3n) is 3.92. The second-order valence-electron chi connectivity index (χ2n) is 7.63. The number of hydrogen-bond donors (Lipinski definition) is 0. The lowest BCUT2D eigenvalue weighted by molar-refractivity contribution is 0.106. The lowest BCUT2D eigenvalue weighted by Crippen LogP contribution is -2.38. The van der Waals surface area contributed by atoms with Crippen LogP contribution in [0.5, 0.6) is 5.75 Å². The second-order valence-corrected chi connectivity index (χ2v) is 7.63. The van der Waals surface area contributed by atoms with Crippen molar-refractivity contribution in [2.24, 2.45) is 0 Å². The van der Waals surface area contributed by atoms with Gasteiger partial charge in [-0.25, -0.2) is 9.07 Å². The fraction of sp³-hybridized carbons (Fsp3) is 0.524. The smallest absolute Gasteiger partial charge is 0.274 e. The summed E-state index contributed by atoms with van der Waals surface area (Å²) in [6, 6.07) is 9.67. The zero-order chi connectivity index (χ0) is 20.0. The maximum absolute atomic E-state index is 12.8. The van der Waals surface area contributed by atoms with Crippen molar-refractivity contribution in [3.63, 3.8) is 0 Å². The molecule has 1 heterocycles. The maximum Gasteiger partial charge on any atom is 0.274 e. The van der Waals surface area contributed by atoms with Crippen molar-refractivity contribution >= 4 is 0 Å². The van der Waals surface area contributed by atoms with Gasteiger partial charge in [0.15, 0.2) is 0 Å². The molecule has 1 aromatic carbocycles. The summed E-state index contributed by atoms with van der Waals surface area (Å²) in [6.07, 6.45) is 1.60. The number of alkyl halides is 1. The summed E-state index contributed by atoms with van der Waals surface area (Å²) in [5.41, 5.74) is 1.66. The van der Waals surface area contributed by atoms with Gasteiger partial charge < -0.3 is 9.47 Å². The first-order chi connectivity index (χ1) is 12.7. The van der Waals surface area contributed by atoms with E-state index in [1.165, 1.54) is 4.68 Å². The molecule has 0 N–H and O–H groups in total. The van der Waals surface area contributed by atoms with Gasteiger partial charge in [0.2, 0.25) is 0 Å². The molecule has 0 bridgehead atoms. The Morgan fingerprint density at radius 2 is 1.81 bits per heavy atom. The molecule has 0 aliphatic heterocycles. The Morgan fingerprint density at radius 3 is 2.33 bits per heavy atom. The molecule has 6 heteroatoms. The standard InChI is InChI=1S/C21H27FN2O3/c1-15(2)19-18(12-23-24(20(19)25)21(3,4)5)27-14-17-8-6-16(7-9-17)13-26-11-10-22/h6,8,12,15H,10-11,13-14H2,1-5H3. The van der Waals surface area contributed by atoms with Crippen molar-refractivity contribution in [1.82, 2.24) is 9.78 Å². The summed E-state index contributed by atoms with van der Waals surface area (Å²) in [5.74, 6) is 0.494. The van der Waals surface area contributed by atoms with E-state index >= 15 is 0 Å². The molecule has 0 amide bonds. The van der Waals surface area contributed by atoms with Crippen LogP contribution in [0, 0.1) is 12.1 Å². The molecule has 0 saturated carbocycles. The fourth-order valence-corrected chi connectivity index (χ4v) is 2.58. The lowest BCUT2D eigenvalue weighted by Gasteiger charge is -2.23. The van der Waals surface area contributed by atoms with E-state index in [4.69, 9.17) is 9.47 Å². The van der Waals surface area contributed by atoms with Crippen LogP contribution in [-0.4, -0.2) is 23.1 Å². The lowest BCUT2D eigenvalue weighted by atomic mass is 10.0. The van der Waals surface area contributed by atoms with Crippen LogP contribution in [-0.2, 0) is 23.5 Å². The number of aromatic nitrogens is 2. The Bertz CT molecular complexity index is 793. The summed E-state index contributed by atoms with van der Waals surface area (Å²) < 4.78 is 24.5. The van der Waals surface area contributed by atoms with Gasteiger partial charge >= 0.3 is 0 Å². The molecular weight excluding hydrogens is 347 g/mol. The monoisotopic (exact) mass is 374 g/mol. The predicted octanol–water partition coefficient (Wildman–Crippen LogP) is 3.79. The zero-order valence-corrected chi connectivity index (χ0v) is 16.6. The average Bonchev–Trinajstić information content (AvgIpc) is 2.59. The first kappa shape index (κ1) is 20.9. The SMILES string of the molecule is CC(C)c1c(OCc2c#cc(COCCF)cc2)cnn(C(C)(C)C)c1=O. The van der Waals surface area contributed by atoms with Gasteiger partial charge in [-0.3, -0.25) is 4.79 Å². The molecule has 0 saturated heterocycles. The number of hydrogen-bond acceptors (Lipinski definition) is 4. The maximum atomic E-state index is 12.8. The van der Waals surface area contributed by atoms with Crippen LogP contribution in [0.4, 0.5) is 4.39 Å². The molecule has 1 aromatic heterocycles. The number of nitrogens with zero attached hydrogens (tertiary/aromatic N) is 2. The third-order valence-corrected chi connectivity index (χ3v) is 3.92. The summed E-state index contributed by atoms with van der Waals surface area (Å²) in [4.78, 5) is 12.8. The normalized spacial score (nSPS) is 11.5. The molecule has 0 aliphatic rings. The molecule has 27 heavy (non-hydrogen) atoms. The molecule has 2 aromatic rings. The van der Waals surface area contributed by atoms with Crippen molar-refractivity contribution in [2.75, 3.05) is 13.3 Å². The fourth-order valence-electron chi connectivity index (χ4n) is 2.58. The third kappa shape index (κ3) is 5.54. The van der Waals surface area contributed by atoms with Crippen LogP contribution < -0.4 is 10.3 Å². The number of rotatable bonds is 8.